The van der Waals surface area contributed by atoms with Gasteiger partial charge >= 0.3 is 6.03 Å². The van der Waals surface area contributed by atoms with Crippen molar-refractivity contribution in [3.05, 3.63) is 28.8 Å². The van der Waals surface area contributed by atoms with Crippen molar-refractivity contribution in [2.24, 2.45) is 0 Å². The molecule has 0 spiro atoms. The van der Waals surface area contributed by atoms with Gasteiger partial charge in [0.15, 0.2) is 0 Å². The summed E-state index contributed by atoms with van der Waals surface area (Å²) in [6.07, 6.45) is 0.570. The number of nitrogens with zero attached hydrogens (tertiary/aromatic N) is 1. The van der Waals surface area contributed by atoms with E-state index >= 15 is 0 Å². The molecule has 4 nitrogen and oxygen atoms in total. The Morgan fingerprint density at radius 2 is 2.16 bits per heavy atom. The van der Waals surface area contributed by atoms with Gasteiger partial charge in [-0.3, -0.25) is 0 Å². The molecule has 0 aliphatic carbocycles. The number of nitrogens with one attached hydrogen (secondary N) is 1. The molecular formula is C14H21ClN2O2. The number of anilines is 1. The lowest BCUT2D eigenvalue weighted by molar-refractivity contribution is 0.186. The van der Waals surface area contributed by atoms with Crippen LogP contribution < -0.4 is 5.32 Å². The Hall–Kier alpha value is -1.26. The number of benzene rings is 1. The molecule has 0 heterocycles. The van der Waals surface area contributed by atoms with Crippen LogP contribution in [0.25, 0.3) is 0 Å². The molecule has 0 atom stereocenters. The summed E-state index contributed by atoms with van der Waals surface area (Å²) in [7, 11) is 0. The molecule has 5 heteroatoms. The van der Waals surface area contributed by atoms with Crippen LogP contribution in [0.15, 0.2) is 18.2 Å². The van der Waals surface area contributed by atoms with Crippen molar-refractivity contribution in [2.75, 3.05) is 18.5 Å². The van der Waals surface area contributed by atoms with Gasteiger partial charge in [0.2, 0.25) is 0 Å². The average molecular weight is 285 g/mol. The zero-order valence-electron chi connectivity index (χ0n) is 11.6. The smallest absolute Gasteiger partial charge is 0.322 e. The minimum Gasteiger partial charge on any atom is -0.396 e. The van der Waals surface area contributed by atoms with E-state index < -0.39 is 0 Å². The number of aliphatic hydroxyl groups is 1. The summed E-state index contributed by atoms with van der Waals surface area (Å²) < 4.78 is 0. The van der Waals surface area contributed by atoms with Crippen LogP contribution in [0.5, 0.6) is 0 Å². The second-order valence-electron chi connectivity index (χ2n) is 4.76. The predicted octanol–water partition coefficient (Wildman–Crippen LogP) is 3.27. The van der Waals surface area contributed by atoms with Crippen LogP contribution in [0, 0.1) is 6.92 Å². The van der Waals surface area contributed by atoms with Gasteiger partial charge in [0.25, 0.3) is 0 Å². The van der Waals surface area contributed by atoms with Gasteiger partial charge in [-0.25, -0.2) is 4.79 Å². The Balaban J connectivity index is 2.72. The molecule has 0 saturated heterocycles. The second kappa shape index (κ2) is 7.36. The number of aliphatic hydroxyl groups excluding tert-OH is 1. The molecule has 0 bridgehead atoms. The van der Waals surface area contributed by atoms with Crippen LogP contribution in [0.1, 0.15) is 25.8 Å². The number of hydrogen-bond donors (Lipinski definition) is 2. The monoisotopic (exact) mass is 284 g/mol. The SMILES string of the molecule is Cc1ccc(NC(=O)N(CCCO)C(C)C)cc1Cl. The van der Waals surface area contributed by atoms with Crippen LogP contribution >= 0.6 is 11.6 Å². The predicted molar refractivity (Wildman–Crippen MR) is 78.8 cm³/mol. The van der Waals surface area contributed by atoms with Gasteiger partial charge in [0.1, 0.15) is 0 Å². The Kier molecular flexibility index (Phi) is 6.12. The molecule has 1 aromatic carbocycles. The molecule has 1 aromatic rings. The minimum absolute atomic E-state index is 0.0762. The summed E-state index contributed by atoms with van der Waals surface area (Å²) in [4.78, 5) is 13.8. The topological polar surface area (TPSA) is 52.6 Å². The maximum Gasteiger partial charge on any atom is 0.322 e. The standard InChI is InChI=1S/C14H21ClN2O2/c1-10(2)17(7-4-8-18)14(19)16-12-6-5-11(3)13(15)9-12/h5-6,9-10,18H,4,7-8H2,1-3H3,(H,16,19). The number of rotatable bonds is 5. The minimum atomic E-state index is -0.177. The van der Waals surface area contributed by atoms with E-state index in [-0.39, 0.29) is 18.7 Å². The fourth-order valence-electron chi connectivity index (χ4n) is 1.70. The average Bonchev–Trinajstić information content (AvgIpc) is 2.34. The maximum atomic E-state index is 12.1. The molecule has 0 radical (unpaired) electrons. The molecule has 0 saturated carbocycles. The molecule has 0 fully saturated rings. The van der Waals surface area contributed by atoms with Gasteiger partial charge in [0, 0.05) is 29.9 Å². The summed E-state index contributed by atoms with van der Waals surface area (Å²) in [6.45, 7) is 6.40. The lowest BCUT2D eigenvalue weighted by atomic mass is 10.2. The molecule has 0 aromatic heterocycles. The van der Waals surface area contributed by atoms with Gasteiger partial charge in [-0.2, -0.15) is 0 Å². The lowest BCUT2D eigenvalue weighted by Gasteiger charge is -2.26. The molecule has 2 N–H and O–H groups in total. The number of halogens is 1. The third kappa shape index (κ3) is 4.73. The first-order valence-electron chi connectivity index (χ1n) is 6.40. The molecular weight excluding hydrogens is 264 g/mol. The summed E-state index contributed by atoms with van der Waals surface area (Å²) >= 11 is 6.03. The Labute approximate surface area is 119 Å². The summed E-state index contributed by atoms with van der Waals surface area (Å²) in [5, 5.41) is 12.3. The van der Waals surface area contributed by atoms with Crippen molar-refractivity contribution < 1.29 is 9.90 Å². The van der Waals surface area contributed by atoms with E-state index in [1.807, 2.05) is 32.9 Å². The van der Waals surface area contributed by atoms with Gasteiger partial charge in [-0.05, 0) is 44.9 Å². The summed E-state index contributed by atoms with van der Waals surface area (Å²) in [5.74, 6) is 0. The van der Waals surface area contributed by atoms with E-state index in [4.69, 9.17) is 16.7 Å². The highest BCUT2D eigenvalue weighted by atomic mass is 35.5. The number of amides is 2. The van der Waals surface area contributed by atoms with Gasteiger partial charge in [-0.15, -0.1) is 0 Å². The number of aryl methyl sites for hydroxylation is 1. The van der Waals surface area contributed by atoms with Crippen molar-refractivity contribution >= 4 is 23.3 Å². The zero-order chi connectivity index (χ0) is 14.4. The summed E-state index contributed by atoms with van der Waals surface area (Å²) in [6, 6.07) is 5.32. The highest BCUT2D eigenvalue weighted by molar-refractivity contribution is 6.31. The molecule has 19 heavy (non-hydrogen) atoms. The molecule has 0 unspecified atom stereocenters. The maximum absolute atomic E-state index is 12.1. The zero-order valence-corrected chi connectivity index (χ0v) is 12.4. The van der Waals surface area contributed by atoms with Crippen LogP contribution in [-0.2, 0) is 0 Å². The second-order valence-corrected chi connectivity index (χ2v) is 5.17. The molecule has 2 amide bonds. The van der Waals surface area contributed by atoms with Gasteiger partial charge in [-0.1, -0.05) is 17.7 Å². The van der Waals surface area contributed by atoms with E-state index in [1.54, 1.807) is 11.0 Å². The summed E-state index contributed by atoms with van der Waals surface area (Å²) in [5.41, 5.74) is 1.65. The van der Waals surface area contributed by atoms with E-state index in [0.29, 0.717) is 23.7 Å². The van der Waals surface area contributed by atoms with Crippen molar-refractivity contribution in [1.29, 1.82) is 0 Å². The van der Waals surface area contributed by atoms with Crippen LogP contribution in [-0.4, -0.2) is 35.2 Å². The lowest BCUT2D eigenvalue weighted by Crippen LogP contribution is -2.40. The van der Waals surface area contributed by atoms with Gasteiger partial charge in [0.05, 0.1) is 0 Å². The number of urea groups is 1. The molecule has 1 rings (SSSR count). The van der Waals surface area contributed by atoms with E-state index in [9.17, 15) is 4.79 Å². The molecule has 0 aliphatic rings. The largest absolute Gasteiger partial charge is 0.396 e. The van der Waals surface area contributed by atoms with E-state index in [0.717, 1.165) is 5.56 Å². The van der Waals surface area contributed by atoms with Crippen molar-refractivity contribution in [3.8, 4) is 0 Å². The van der Waals surface area contributed by atoms with Crippen molar-refractivity contribution in [1.82, 2.24) is 4.90 Å². The number of carbonyl (C=O) groups is 1. The number of hydrogen-bond acceptors (Lipinski definition) is 2. The molecule has 106 valence electrons. The quantitative estimate of drug-likeness (QED) is 0.872. The van der Waals surface area contributed by atoms with E-state index in [2.05, 4.69) is 5.32 Å². The number of carbonyl (C=O) groups excluding carboxylic acids is 1. The third-order valence-corrected chi connectivity index (χ3v) is 3.27. The first kappa shape index (κ1) is 15.8. The first-order valence-corrected chi connectivity index (χ1v) is 6.78. The Morgan fingerprint density at radius 1 is 1.47 bits per heavy atom. The van der Waals surface area contributed by atoms with Crippen LogP contribution in [0.4, 0.5) is 10.5 Å². The van der Waals surface area contributed by atoms with Crippen LogP contribution in [0.2, 0.25) is 5.02 Å². The Bertz CT molecular complexity index is 435. The van der Waals surface area contributed by atoms with E-state index in [1.165, 1.54) is 0 Å². The third-order valence-electron chi connectivity index (χ3n) is 2.86. The van der Waals surface area contributed by atoms with Gasteiger partial charge < -0.3 is 15.3 Å². The Morgan fingerprint density at radius 3 is 2.68 bits per heavy atom. The fraction of sp³-hybridized carbons (Fsp3) is 0.500. The van der Waals surface area contributed by atoms with Crippen molar-refractivity contribution in [3.63, 3.8) is 0 Å². The highest BCUT2D eigenvalue weighted by Gasteiger charge is 2.16. The highest BCUT2D eigenvalue weighted by Crippen LogP contribution is 2.20. The van der Waals surface area contributed by atoms with Crippen molar-refractivity contribution in [2.45, 2.75) is 33.2 Å². The normalized spacial score (nSPS) is 10.6. The molecule has 0 aliphatic heterocycles. The first-order chi connectivity index (χ1) is 8.95. The van der Waals surface area contributed by atoms with Crippen LogP contribution in [0.3, 0.4) is 0 Å². The fourth-order valence-corrected chi connectivity index (χ4v) is 1.88.